The van der Waals surface area contributed by atoms with Crippen molar-refractivity contribution in [2.75, 3.05) is 32.8 Å². The third-order valence-corrected chi connectivity index (χ3v) is 2.76. The van der Waals surface area contributed by atoms with E-state index in [1.165, 1.54) is 0 Å². The minimum Gasteiger partial charge on any atom is -0.379 e. The van der Waals surface area contributed by atoms with Gasteiger partial charge in [0.25, 0.3) is 0 Å². The van der Waals surface area contributed by atoms with E-state index in [4.69, 9.17) is 9.57 Å². The van der Waals surface area contributed by atoms with E-state index in [1.54, 1.807) is 0 Å². The van der Waals surface area contributed by atoms with Gasteiger partial charge in [-0.25, -0.2) is 0 Å². The first-order chi connectivity index (χ1) is 8.68. The van der Waals surface area contributed by atoms with Crippen molar-refractivity contribution in [1.29, 1.82) is 0 Å². The molecular formula is C13H26N2O3. The molecule has 1 fully saturated rings. The first kappa shape index (κ1) is 15.4. The van der Waals surface area contributed by atoms with Gasteiger partial charge in [0.05, 0.1) is 12.7 Å². The zero-order chi connectivity index (χ0) is 13.2. The van der Waals surface area contributed by atoms with Crippen LogP contribution in [0, 0.1) is 0 Å². The Bertz CT molecular complexity index is 228. The lowest BCUT2D eigenvalue weighted by Crippen LogP contribution is -2.34. The van der Waals surface area contributed by atoms with Crippen molar-refractivity contribution in [3.8, 4) is 0 Å². The van der Waals surface area contributed by atoms with Crippen LogP contribution in [0.3, 0.4) is 0 Å². The molecule has 1 aliphatic heterocycles. The highest BCUT2D eigenvalue weighted by Gasteiger charge is 2.12. The van der Waals surface area contributed by atoms with Gasteiger partial charge < -0.3 is 10.1 Å². The number of hydrogen-bond donors (Lipinski definition) is 1. The summed E-state index contributed by atoms with van der Waals surface area (Å²) < 4.78 is 5.40. The topological polar surface area (TPSA) is 50.8 Å². The first-order valence-electron chi connectivity index (χ1n) is 6.94. The summed E-state index contributed by atoms with van der Waals surface area (Å²) in [4.78, 5) is 17.0. The van der Waals surface area contributed by atoms with E-state index in [9.17, 15) is 4.79 Å². The van der Waals surface area contributed by atoms with Crippen molar-refractivity contribution >= 4 is 5.91 Å². The lowest BCUT2D eigenvalue weighted by molar-refractivity contribution is -0.181. The summed E-state index contributed by atoms with van der Waals surface area (Å²) in [6.45, 7) is 7.83. The standard InChI is InChI=1S/C13H26N2O3/c1-12(2)17-10-5-7-14-13(16)6-9-15-8-3-4-11-18-15/h12H,3-11H2,1-2H3,(H,14,16). The third-order valence-electron chi connectivity index (χ3n) is 2.76. The fraction of sp³-hybridized carbons (Fsp3) is 0.923. The Kier molecular flexibility index (Phi) is 7.96. The molecule has 106 valence electrons. The van der Waals surface area contributed by atoms with E-state index in [0.717, 1.165) is 32.4 Å². The summed E-state index contributed by atoms with van der Waals surface area (Å²) in [5, 5.41) is 4.79. The molecule has 1 amide bonds. The van der Waals surface area contributed by atoms with Crippen LogP contribution in [0.4, 0.5) is 0 Å². The van der Waals surface area contributed by atoms with Gasteiger partial charge in [-0.1, -0.05) is 0 Å². The summed E-state index contributed by atoms with van der Waals surface area (Å²) in [7, 11) is 0. The molecule has 1 aliphatic rings. The minimum absolute atomic E-state index is 0.0914. The fourth-order valence-electron chi connectivity index (χ4n) is 1.76. The normalized spacial score (nSPS) is 17.1. The molecule has 0 atom stereocenters. The van der Waals surface area contributed by atoms with Gasteiger partial charge in [-0.3, -0.25) is 9.63 Å². The van der Waals surface area contributed by atoms with E-state index in [1.807, 2.05) is 18.9 Å². The van der Waals surface area contributed by atoms with E-state index in [0.29, 0.717) is 26.1 Å². The SMILES string of the molecule is CC(C)OCCCNC(=O)CCN1CCCCO1. The summed E-state index contributed by atoms with van der Waals surface area (Å²) >= 11 is 0. The molecule has 0 saturated carbocycles. The number of nitrogens with one attached hydrogen (secondary N) is 1. The number of amides is 1. The second kappa shape index (κ2) is 9.30. The number of hydroxylamine groups is 2. The Morgan fingerprint density at radius 3 is 2.94 bits per heavy atom. The van der Waals surface area contributed by atoms with Gasteiger partial charge in [0.2, 0.25) is 5.91 Å². The third kappa shape index (κ3) is 7.63. The number of carbonyl (C=O) groups is 1. The Labute approximate surface area is 110 Å². The maximum atomic E-state index is 11.5. The molecule has 0 aromatic heterocycles. The van der Waals surface area contributed by atoms with E-state index in [-0.39, 0.29) is 12.0 Å². The van der Waals surface area contributed by atoms with Gasteiger partial charge in [0.1, 0.15) is 0 Å². The van der Waals surface area contributed by atoms with Crippen LogP contribution in [0.15, 0.2) is 0 Å². The molecule has 0 unspecified atom stereocenters. The van der Waals surface area contributed by atoms with Crippen LogP contribution >= 0.6 is 0 Å². The Morgan fingerprint density at radius 1 is 1.44 bits per heavy atom. The predicted octanol–water partition coefficient (Wildman–Crippen LogP) is 1.34. The molecular weight excluding hydrogens is 232 g/mol. The van der Waals surface area contributed by atoms with Crippen LogP contribution in [0.5, 0.6) is 0 Å². The number of carbonyl (C=O) groups excluding carboxylic acids is 1. The minimum atomic E-state index is 0.0914. The van der Waals surface area contributed by atoms with E-state index >= 15 is 0 Å². The molecule has 0 aromatic rings. The van der Waals surface area contributed by atoms with Gasteiger partial charge in [0, 0.05) is 32.7 Å². The summed E-state index contributed by atoms with van der Waals surface area (Å²) in [5.74, 6) is 0.0914. The monoisotopic (exact) mass is 258 g/mol. The van der Waals surface area contributed by atoms with Gasteiger partial charge in [-0.2, -0.15) is 5.06 Å². The van der Waals surface area contributed by atoms with E-state index < -0.39 is 0 Å². The molecule has 5 heteroatoms. The quantitative estimate of drug-likeness (QED) is 0.667. The van der Waals surface area contributed by atoms with Crippen LogP contribution in [-0.4, -0.2) is 49.9 Å². The smallest absolute Gasteiger partial charge is 0.221 e. The molecule has 0 aromatic carbocycles. The maximum Gasteiger partial charge on any atom is 0.221 e. The second-order valence-electron chi connectivity index (χ2n) is 4.84. The zero-order valence-electron chi connectivity index (χ0n) is 11.6. The van der Waals surface area contributed by atoms with Crippen molar-refractivity contribution in [3.05, 3.63) is 0 Å². The van der Waals surface area contributed by atoms with Gasteiger partial charge >= 0.3 is 0 Å². The molecule has 0 spiro atoms. The molecule has 1 saturated heterocycles. The van der Waals surface area contributed by atoms with Crippen LogP contribution in [0.2, 0.25) is 0 Å². The number of ether oxygens (including phenoxy) is 1. The van der Waals surface area contributed by atoms with Gasteiger partial charge in [-0.05, 0) is 33.1 Å². The molecule has 1 heterocycles. The fourth-order valence-corrected chi connectivity index (χ4v) is 1.76. The summed E-state index contributed by atoms with van der Waals surface area (Å²) in [6.07, 6.45) is 3.92. The lowest BCUT2D eigenvalue weighted by atomic mass is 10.3. The average Bonchev–Trinajstić information content (AvgIpc) is 2.37. The highest BCUT2D eigenvalue weighted by Crippen LogP contribution is 2.05. The Morgan fingerprint density at radius 2 is 2.28 bits per heavy atom. The highest BCUT2D eigenvalue weighted by atomic mass is 16.7. The average molecular weight is 258 g/mol. The summed E-state index contributed by atoms with van der Waals surface area (Å²) in [6, 6.07) is 0. The van der Waals surface area contributed by atoms with Crippen LogP contribution in [-0.2, 0) is 14.4 Å². The predicted molar refractivity (Wildman–Crippen MR) is 70.1 cm³/mol. The number of hydrogen-bond acceptors (Lipinski definition) is 4. The second-order valence-corrected chi connectivity index (χ2v) is 4.84. The molecule has 0 radical (unpaired) electrons. The first-order valence-corrected chi connectivity index (χ1v) is 6.94. The number of nitrogens with zero attached hydrogens (tertiary/aromatic N) is 1. The molecule has 1 rings (SSSR count). The van der Waals surface area contributed by atoms with Crippen molar-refractivity contribution in [3.63, 3.8) is 0 Å². The molecule has 18 heavy (non-hydrogen) atoms. The van der Waals surface area contributed by atoms with Crippen molar-refractivity contribution < 1.29 is 14.4 Å². The largest absolute Gasteiger partial charge is 0.379 e. The highest BCUT2D eigenvalue weighted by molar-refractivity contribution is 5.75. The molecule has 0 aliphatic carbocycles. The summed E-state index contributed by atoms with van der Waals surface area (Å²) in [5.41, 5.74) is 0. The van der Waals surface area contributed by atoms with Crippen molar-refractivity contribution in [2.24, 2.45) is 0 Å². The van der Waals surface area contributed by atoms with Gasteiger partial charge in [-0.15, -0.1) is 0 Å². The zero-order valence-corrected chi connectivity index (χ0v) is 11.6. The molecule has 5 nitrogen and oxygen atoms in total. The van der Waals surface area contributed by atoms with Crippen LogP contribution in [0.1, 0.15) is 39.5 Å². The van der Waals surface area contributed by atoms with Crippen molar-refractivity contribution in [1.82, 2.24) is 10.4 Å². The molecule has 0 bridgehead atoms. The van der Waals surface area contributed by atoms with Crippen LogP contribution in [0.25, 0.3) is 0 Å². The Hall–Kier alpha value is -0.650. The number of rotatable bonds is 8. The molecule has 1 N–H and O–H groups in total. The van der Waals surface area contributed by atoms with E-state index in [2.05, 4.69) is 5.32 Å². The Balaban J connectivity index is 1.93. The lowest BCUT2D eigenvalue weighted by Gasteiger charge is -2.25. The van der Waals surface area contributed by atoms with Crippen LogP contribution < -0.4 is 5.32 Å². The maximum absolute atomic E-state index is 11.5. The van der Waals surface area contributed by atoms with Gasteiger partial charge in [0.15, 0.2) is 0 Å². The van der Waals surface area contributed by atoms with Crippen molar-refractivity contribution in [2.45, 2.75) is 45.6 Å².